The topological polar surface area (TPSA) is 49.9 Å². The number of nitrogens with zero attached hydrogens (tertiary/aromatic N) is 2. The van der Waals surface area contributed by atoms with Gasteiger partial charge in [0.05, 0.1) is 0 Å². The van der Waals surface area contributed by atoms with Crippen molar-refractivity contribution in [2.24, 2.45) is 5.41 Å². The first-order valence-corrected chi connectivity index (χ1v) is 9.40. The lowest BCUT2D eigenvalue weighted by molar-refractivity contribution is -0.144. The Kier molecular flexibility index (Phi) is 5.79. The molecule has 0 bridgehead atoms. The van der Waals surface area contributed by atoms with Crippen molar-refractivity contribution in [3.05, 3.63) is 35.4 Å². The third kappa shape index (κ3) is 4.29. The summed E-state index contributed by atoms with van der Waals surface area (Å²) in [4.78, 5) is 28.4. The van der Waals surface area contributed by atoms with Crippen LogP contribution in [0.2, 0.25) is 0 Å². The second-order valence-corrected chi connectivity index (χ2v) is 7.66. The van der Waals surface area contributed by atoms with Gasteiger partial charge >= 0.3 is 0 Å². The van der Waals surface area contributed by atoms with Crippen molar-refractivity contribution in [1.29, 1.82) is 0 Å². The summed E-state index contributed by atoms with van der Waals surface area (Å²) in [6, 6.07) is 3.35. The summed E-state index contributed by atoms with van der Waals surface area (Å²) in [6.45, 7) is 3.90. The highest BCUT2D eigenvalue weighted by atomic mass is 19.1. The number of hydrogen-bond donors (Lipinski definition) is 0. The fourth-order valence-electron chi connectivity index (χ4n) is 4.23. The zero-order valence-electron chi connectivity index (χ0n) is 15.8. The summed E-state index contributed by atoms with van der Waals surface area (Å²) in [7, 11) is 1.54. The molecular weight excluding hydrogens is 354 g/mol. The molecule has 7 heteroatoms. The van der Waals surface area contributed by atoms with Crippen LogP contribution in [0.5, 0.6) is 0 Å². The van der Waals surface area contributed by atoms with E-state index >= 15 is 0 Å². The third-order valence-electron chi connectivity index (χ3n) is 5.77. The third-order valence-corrected chi connectivity index (χ3v) is 5.77. The van der Waals surface area contributed by atoms with E-state index in [2.05, 4.69) is 0 Å². The zero-order valence-corrected chi connectivity index (χ0v) is 15.8. The number of hydrogen-bond acceptors (Lipinski definition) is 3. The van der Waals surface area contributed by atoms with Gasteiger partial charge in [-0.05, 0) is 37.0 Å². The molecule has 1 aromatic carbocycles. The van der Waals surface area contributed by atoms with Gasteiger partial charge in [0.25, 0.3) is 5.91 Å². The van der Waals surface area contributed by atoms with Gasteiger partial charge in [-0.2, -0.15) is 0 Å². The fraction of sp³-hybridized carbons (Fsp3) is 0.600. The number of benzene rings is 1. The predicted octanol–water partition coefficient (Wildman–Crippen LogP) is 2.73. The number of likely N-dealkylation sites (tertiary alicyclic amines) is 2. The van der Waals surface area contributed by atoms with E-state index in [9.17, 15) is 18.4 Å². The molecule has 2 aliphatic heterocycles. The first-order chi connectivity index (χ1) is 12.9. The molecule has 2 saturated heterocycles. The monoisotopic (exact) mass is 380 g/mol. The fourth-order valence-corrected chi connectivity index (χ4v) is 4.23. The molecule has 2 heterocycles. The van der Waals surface area contributed by atoms with Crippen LogP contribution < -0.4 is 0 Å². The van der Waals surface area contributed by atoms with Crippen molar-refractivity contribution in [2.45, 2.75) is 45.3 Å². The predicted molar refractivity (Wildman–Crippen MR) is 95.7 cm³/mol. The van der Waals surface area contributed by atoms with Gasteiger partial charge in [0.15, 0.2) is 0 Å². The van der Waals surface area contributed by atoms with E-state index in [1.165, 1.54) is 12.1 Å². The van der Waals surface area contributed by atoms with Crippen molar-refractivity contribution in [3.63, 3.8) is 0 Å². The number of rotatable bonds is 5. The summed E-state index contributed by atoms with van der Waals surface area (Å²) in [5.74, 6) is -1.27. The minimum Gasteiger partial charge on any atom is -0.372 e. The molecule has 1 spiro atoms. The Morgan fingerprint density at radius 2 is 1.85 bits per heavy atom. The van der Waals surface area contributed by atoms with Gasteiger partial charge in [-0.25, -0.2) is 8.78 Å². The number of ether oxygens (including phenoxy) is 1. The van der Waals surface area contributed by atoms with E-state index in [0.717, 1.165) is 18.9 Å². The molecule has 1 aromatic rings. The van der Waals surface area contributed by atoms with E-state index in [1.807, 2.05) is 11.8 Å². The van der Waals surface area contributed by atoms with Crippen molar-refractivity contribution < 1.29 is 23.1 Å². The number of carbonyl (C=O) groups is 2. The molecule has 2 aliphatic rings. The number of carbonyl (C=O) groups excluding carboxylic acids is 2. The molecule has 0 saturated carbocycles. The molecule has 2 amide bonds. The highest BCUT2D eigenvalue weighted by molar-refractivity contribution is 5.81. The Hall–Kier alpha value is -2.02. The highest BCUT2D eigenvalue weighted by Gasteiger charge is 2.45. The van der Waals surface area contributed by atoms with E-state index in [4.69, 9.17) is 4.74 Å². The number of piperidine rings is 1. The SMILES string of the molecule is CCC(OC)C(=O)N1CCC2(CC1)CC(=O)N(Cc1cc(F)cc(F)c1)C2. The van der Waals surface area contributed by atoms with Gasteiger partial charge in [0.2, 0.25) is 5.91 Å². The first-order valence-electron chi connectivity index (χ1n) is 9.40. The summed E-state index contributed by atoms with van der Waals surface area (Å²) in [6.07, 6.45) is 2.14. The van der Waals surface area contributed by atoms with Crippen LogP contribution in [0.15, 0.2) is 18.2 Å². The molecule has 0 N–H and O–H groups in total. The zero-order chi connectivity index (χ0) is 19.6. The van der Waals surface area contributed by atoms with Crippen LogP contribution in [0.25, 0.3) is 0 Å². The van der Waals surface area contributed by atoms with Crippen molar-refractivity contribution >= 4 is 11.8 Å². The molecule has 0 aliphatic carbocycles. The molecule has 0 aromatic heterocycles. The second-order valence-electron chi connectivity index (χ2n) is 7.66. The van der Waals surface area contributed by atoms with E-state index in [-0.39, 0.29) is 23.8 Å². The van der Waals surface area contributed by atoms with Crippen LogP contribution in [0, 0.1) is 17.0 Å². The van der Waals surface area contributed by atoms with Crippen LogP contribution >= 0.6 is 0 Å². The number of methoxy groups -OCH3 is 1. The average molecular weight is 380 g/mol. The lowest BCUT2D eigenvalue weighted by atomic mass is 9.77. The van der Waals surface area contributed by atoms with Crippen LogP contribution in [-0.2, 0) is 20.9 Å². The molecule has 2 fully saturated rings. The Balaban J connectivity index is 1.61. The Labute approximate surface area is 158 Å². The summed E-state index contributed by atoms with van der Waals surface area (Å²) in [5, 5.41) is 0. The lowest BCUT2D eigenvalue weighted by Gasteiger charge is -2.39. The van der Waals surface area contributed by atoms with Gasteiger partial charge in [0, 0.05) is 51.2 Å². The summed E-state index contributed by atoms with van der Waals surface area (Å²) < 4.78 is 32.0. The largest absolute Gasteiger partial charge is 0.372 e. The first kappa shape index (κ1) is 19.7. The van der Waals surface area contributed by atoms with Crippen LogP contribution in [-0.4, -0.2) is 54.5 Å². The number of amides is 2. The molecule has 27 heavy (non-hydrogen) atoms. The maximum absolute atomic E-state index is 13.4. The van der Waals surface area contributed by atoms with Crippen LogP contribution in [0.4, 0.5) is 8.78 Å². The Bertz CT molecular complexity index is 693. The van der Waals surface area contributed by atoms with E-state index in [0.29, 0.717) is 38.0 Å². The average Bonchev–Trinajstić information content (AvgIpc) is 2.90. The van der Waals surface area contributed by atoms with Crippen LogP contribution in [0.1, 0.15) is 38.2 Å². The summed E-state index contributed by atoms with van der Waals surface area (Å²) >= 11 is 0. The maximum atomic E-state index is 13.4. The lowest BCUT2D eigenvalue weighted by Crippen LogP contribution is -2.48. The molecule has 3 rings (SSSR count). The molecule has 148 valence electrons. The van der Waals surface area contributed by atoms with Gasteiger partial charge < -0.3 is 14.5 Å². The molecule has 5 nitrogen and oxygen atoms in total. The molecule has 0 radical (unpaired) electrons. The van der Waals surface area contributed by atoms with E-state index < -0.39 is 17.7 Å². The van der Waals surface area contributed by atoms with Crippen molar-refractivity contribution in [1.82, 2.24) is 9.80 Å². The number of halogens is 2. The van der Waals surface area contributed by atoms with Crippen molar-refractivity contribution in [2.75, 3.05) is 26.7 Å². The molecule has 1 atom stereocenters. The molecule has 1 unspecified atom stereocenters. The van der Waals surface area contributed by atoms with Gasteiger partial charge in [0.1, 0.15) is 17.7 Å². The quantitative estimate of drug-likeness (QED) is 0.789. The van der Waals surface area contributed by atoms with E-state index in [1.54, 1.807) is 12.0 Å². The van der Waals surface area contributed by atoms with Gasteiger partial charge in [-0.15, -0.1) is 0 Å². The Morgan fingerprint density at radius 3 is 2.41 bits per heavy atom. The summed E-state index contributed by atoms with van der Waals surface area (Å²) in [5.41, 5.74) is 0.297. The minimum atomic E-state index is -0.637. The van der Waals surface area contributed by atoms with Crippen molar-refractivity contribution in [3.8, 4) is 0 Å². The molecular formula is C20H26F2N2O3. The smallest absolute Gasteiger partial charge is 0.251 e. The van der Waals surface area contributed by atoms with Gasteiger partial charge in [-0.3, -0.25) is 9.59 Å². The second kappa shape index (κ2) is 7.92. The van der Waals surface area contributed by atoms with Gasteiger partial charge in [-0.1, -0.05) is 6.92 Å². The maximum Gasteiger partial charge on any atom is 0.251 e. The highest BCUT2D eigenvalue weighted by Crippen LogP contribution is 2.41. The van der Waals surface area contributed by atoms with Crippen LogP contribution in [0.3, 0.4) is 0 Å². The Morgan fingerprint density at radius 1 is 1.22 bits per heavy atom. The normalized spacial score (nSPS) is 20.4. The standard InChI is InChI=1S/C20H26F2N2O3/c1-3-17(27-2)19(26)23-6-4-20(5-7-23)11-18(25)24(13-20)12-14-8-15(21)10-16(22)9-14/h8-10,17H,3-7,11-13H2,1-2H3. The minimum absolute atomic E-state index is 0.00257.